The molecule has 0 aliphatic carbocycles. The van der Waals surface area contributed by atoms with Crippen LogP contribution in [0.4, 0.5) is 10.2 Å². The molecule has 7 heteroatoms. The fourth-order valence-electron chi connectivity index (χ4n) is 4.37. The summed E-state index contributed by atoms with van der Waals surface area (Å²) in [4.78, 5) is 24.7. The molecule has 4 rings (SSSR count). The lowest BCUT2D eigenvalue weighted by Gasteiger charge is -2.39. The number of anilines is 1. The van der Waals surface area contributed by atoms with E-state index in [0.29, 0.717) is 31.1 Å². The number of methoxy groups -OCH3 is 1. The fourth-order valence-corrected chi connectivity index (χ4v) is 4.37. The Kier molecular flexibility index (Phi) is 5.41. The number of aromatic nitrogens is 2. The molecule has 0 spiro atoms. The lowest BCUT2D eigenvalue weighted by atomic mass is 9.92. The largest absolute Gasteiger partial charge is 0.497 e. The Morgan fingerprint density at radius 3 is 2.79 bits per heavy atom. The first-order chi connectivity index (χ1) is 13.7. The first kappa shape index (κ1) is 18.7. The number of piperidine rings is 1. The number of carbonyl (C=O) groups is 1. The first-order valence-electron chi connectivity index (χ1n) is 9.78. The number of likely N-dealkylation sites (tertiary alicyclic amines) is 1. The molecule has 2 aliphatic rings. The van der Waals surface area contributed by atoms with Gasteiger partial charge in [0.2, 0.25) is 5.91 Å². The summed E-state index contributed by atoms with van der Waals surface area (Å²) >= 11 is 0. The van der Waals surface area contributed by atoms with E-state index >= 15 is 0 Å². The number of hydrogen-bond donors (Lipinski definition) is 0. The van der Waals surface area contributed by atoms with Crippen molar-refractivity contribution in [2.24, 2.45) is 5.92 Å². The number of nitrogens with zero attached hydrogens (tertiary/aromatic N) is 4. The Hall–Kier alpha value is -2.70. The van der Waals surface area contributed by atoms with Gasteiger partial charge < -0.3 is 14.5 Å². The van der Waals surface area contributed by atoms with Crippen LogP contribution in [0.5, 0.6) is 5.75 Å². The zero-order valence-corrected chi connectivity index (χ0v) is 16.1. The Bertz CT molecular complexity index is 829. The number of carbonyl (C=O) groups excluding carboxylic acids is 1. The molecule has 2 unspecified atom stereocenters. The molecular weight excluding hydrogens is 359 g/mol. The van der Waals surface area contributed by atoms with Crippen LogP contribution in [0, 0.1) is 11.7 Å². The van der Waals surface area contributed by atoms with Crippen LogP contribution < -0.4 is 9.64 Å². The van der Waals surface area contributed by atoms with Crippen molar-refractivity contribution in [2.75, 3.05) is 31.6 Å². The lowest BCUT2D eigenvalue weighted by Crippen LogP contribution is -2.50. The first-order valence-corrected chi connectivity index (χ1v) is 9.78. The number of aryl methyl sites for hydroxylation is 1. The molecule has 0 N–H and O–H groups in total. The van der Waals surface area contributed by atoms with E-state index in [4.69, 9.17) is 4.74 Å². The number of rotatable bonds is 5. The van der Waals surface area contributed by atoms with Crippen LogP contribution in [0.15, 0.2) is 36.8 Å². The molecule has 0 radical (unpaired) electrons. The molecule has 3 heterocycles. The summed E-state index contributed by atoms with van der Waals surface area (Å²) in [7, 11) is 1.64. The summed E-state index contributed by atoms with van der Waals surface area (Å²) in [5, 5.41) is 0. The maximum absolute atomic E-state index is 14.1. The van der Waals surface area contributed by atoms with E-state index in [-0.39, 0.29) is 11.9 Å². The van der Waals surface area contributed by atoms with Gasteiger partial charge in [0.1, 0.15) is 12.1 Å². The second kappa shape index (κ2) is 8.12. The number of fused-ring (bicyclic) bond motifs is 1. The average Bonchev–Trinajstić information content (AvgIpc) is 3.16. The van der Waals surface area contributed by atoms with Crippen molar-refractivity contribution in [1.82, 2.24) is 14.9 Å². The standard InChI is InChI=1S/C21H25FN4O2/c1-28-17-5-2-15(3-6-17)4-7-20(27)26-11-9-16-8-10-25(13-19(16)26)21-18(22)12-23-14-24-21/h2-3,5-6,12,14,16,19H,4,7-11,13H2,1H3. The lowest BCUT2D eigenvalue weighted by molar-refractivity contribution is -0.132. The highest BCUT2D eigenvalue weighted by Crippen LogP contribution is 2.34. The van der Waals surface area contributed by atoms with Gasteiger partial charge in [-0.3, -0.25) is 4.79 Å². The van der Waals surface area contributed by atoms with Crippen molar-refractivity contribution < 1.29 is 13.9 Å². The summed E-state index contributed by atoms with van der Waals surface area (Å²) in [6.07, 6.45) is 5.74. The third-order valence-electron chi connectivity index (χ3n) is 5.92. The SMILES string of the molecule is COc1ccc(CCC(=O)N2CCC3CCN(c4ncncc4F)CC32)cc1. The van der Waals surface area contributed by atoms with E-state index in [0.717, 1.165) is 37.2 Å². The fraction of sp³-hybridized carbons (Fsp3) is 0.476. The van der Waals surface area contributed by atoms with Crippen molar-refractivity contribution >= 4 is 11.7 Å². The van der Waals surface area contributed by atoms with Crippen LogP contribution in [-0.4, -0.2) is 53.6 Å². The van der Waals surface area contributed by atoms with Crippen LogP contribution in [0.2, 0.25) is 0 Å². The number of amides is 1. The minimum absolute atomic E-state index is 0.131. The topological polar surface area (TPSA) is 58.6 Å². The van der Waals surface area contributed by atoms with Crippen LogP contribution >= 0.6 is 0 Å². The van der Waals surface area contributed by atoms with Gasteiger partial charge in [0, 0.05) is 26.1 Å². The van der Waals surface area contributed by atoms with Gasteiger partial charge in [-0.05, 0) is 42.9 Å². The molecule has 6 nitrogen and oxygen atoms in total. The number of hydrogen-bond acceptors (Lipinski definition) is 5. The Morgan fingerprint density at radius 1 is 1.25 bits per heavy atom. The Morgan fingerprint density at radius 2 is 2.04 bits per heavy atom. The van der Waals surface area contributed by atoms with E-state index in [1.54, 1.807) is 7.11 Å². The predicted molar refractivity (Wildman–Crippen MR) is 104 cm³/mol. The molecule has 28 heavy (non-hydrogen) atoms. The zero-order chi connectivity index (χ0) is 19.5. The van der Waals surface area contributed by atoms with E-state index in [2.05, 4.69) is 9.97 Å². The van der Waals surface area contributed by atoms with Gasteiger partial charge in [0.25, 0.3) is 0 Å². The van der Waals surface area contributed by atoms with Crippen molar-refractivity contribution in [3.63, 3.8) is 0 Å². The molecule has 2 fully saturated rings. The number of halogens is 1. The second-order valence-corrected chi connectivity index (χ2v) is 7.48. The number of ether oxygens (including phenoxy) is 1. The maximum Gasteiger partial charge on any atom is 0.223 e. The normalized spacial score (nSPS) is 21.5. The average molecular weight is 384 g/mol. The van der Waals surface area contributed by atoms with Crippen LogP contribution in [0.3, 0.4) is 0 Å². The highest BCUT2D eigenvalue weighted by Gasteiger charge is 2.41. The number of benzene rings is 1. The molecule has 2 saturated heterocycles. The molecule has 1 aromatic heterocycles. The van der Waals surface area contributed by atoms with Gasteiger partial charge in [-0.15, -0.1) is 0 Å². The van der Waals surface area contributed by atoms with Crippen LogP contribution in [0.25, 0.3) is 0 Å². The maximum atomic E-state index is 14.1. The third-order valence-corrected chi connectivity index (χ3v) is 5.92. The smallest absolute Gasteiger partial charge is 0.223 e. The minimum atomic E-state index is -0.406. The van der Waals surface area contributed by atoms with E-state index < -0.39 is 5.82 Å². The highest BCUT2D eigenvalue weighted by molar-refractivity contribution is 5.77. The van der Waals surface area contributed by atoms with Gasteiger partial charge in [-0.2, -0.15) is 0 Å². The van der Waals surface area contributed by atoms with Gasteiger partial charge in [0.15, 0.2) is 11.6 Å². The van der Waals surface area contributed by atoms with E-state index in [9.17, 15) is 9.18 Å². The van der Waals surface area contributed by atoms with Crippen molar-refractivity contribution in [1.29, 1.82) is 0 Å². The molecule has 2 aromatic rings. The van der Waals surface area contributed by atoms with Gasteiger partial charge >= 0.3 is 0 Å². The van der Waals surface area contributed by atoms with Gasteiger partial charge in [0.05, 0.1) is 19.3 Å². The van der Waals surface area contributed by atoms with Crippen LogP contribution in [0.1, 0.15) is 24.8 Å². The summed E-state index contributed by atoms with van der Waals surface area (Å²) in [6, 6.07) is 7.96. The second-order valence-electron chi connectivity index (χ2n) is 7.48. The minimum Gasteiger partial charge on any atom is -0.497 e. The third kappa shape index (κ3) is 3.79. The molecule has 2 atom stereocenters. The molecular formula is C21H25FN4O2. The monoisotopic (exact) mass is 384 g/mol. The summed E-state index contributed by atoms with van der Waals surface area (Å²) in [5.41, 5.74) is 1.12. The van der Waals surface area contributed by atoms with Crippen molar-refractivity contribution in [3.05, 3.63) is 48.2 Å². The highest BCUT2D eigenvalue weighted by atomic mass is 19.1. The summed E-state index contributed by atoms with van der Waals surface area (Å²) in [5.74, 6) is 1.42. The molecule has 0 bridgehead atoms. The summed E-state index contributed by atoms with van der Waals surface area (Å²) in [6.45, 7) is 2.19. The molecule has 1 amide bonds. The van der Waals surface area contributed by atoms with Crippen LogP contribution in [-0.2, 0) is 11.2 Å². The predicted octanol–water partition coefficient (Wildman–Crippen LogP) is 2.68. The molecule has 0 saturated carbocycles. The summed E-state index contributed by atoms with van der Waals surface area (Å²) < 4.78 is 19.3. The van der Waals surface area contributed by atoms with E-state index in [1.807, 2.05) is 34.1 Å². The van der Waals surface area contributed by atoms with E-state index in [1.165, 1.54) is 12.5 Å². The zero-order valence-electron chi connectivity index (χ0n) is 16.1. The van der Waals surface area contributed by atoms with Gasteiger partial charge in [-0.25, -0.2) is 14.4 Å². The van der Waals surface area contributed by atoms with Gasteiger partial charge in [-0.1, -0.05) is 12.1 Å². The molecule has 1 aromatic carbocycles. The van der Waals surface area contributed by atoms with Crippen molar-refractivity contribution in [2.45, 2.75) is 31.7 Å². The Balaban J connectivity index is 1.39. The molecule has 148 valence electrons. The Labute approximate surface area is 164 Å². The molecule has 2 aliphatic heterocycles. The van der Waals surface area contributed by atoms with Crippen molar-refractivity contribution in [3.8, 4) is 5.75 Å². The quantitative estimate of drug-likeness (QED) is 0.793.